The second-order valence-electron chi connectivity index (χ2n) is 11.4. The molecule has 0 atom stereocenters. The van der Waals surface area contributed by atoms with Gasteiger partial charge in [0.2, 0.25) is 17.7 Å². The standard InChI is InChI=1S/C34H65N3O10/c1-2-43-22-19-36-32(39)29-46-28-26-45-24-21-37-33(40)30-47-27-25-44-23-20-35-31(38)17-15-13-11-9-7-5-3-4-6-8-10-12-14-16-18-34(41)42/h2-30H2,1H3,(H,35,38)(H,36,39)(H,37,40)(H,41,42). The van der Waals surface area contributed by atoms with Crippen LogP contribution in [-0.4, -0.2) is 115 Å². The van der Waals surface area contributed by atoms with Gasteiger partial charge >= 0.3 is 5.97 Å². The number of aliphatic carboxylic acids is 1. The Bertz CT molecular complexity index is 758. The van der Waals surface area contributed by atoms with Crippen LogP contribution in [0.4, 0.5) is 0 Å². The second-order valence-corrected chi connectivity index (χ2v) is 11.4. The van der Waals surface area contributed by atoms with E-state index in [1.807, 2.05) is 6.92 Å². The number of hydrogen-bond donors (Lipinski definition) is 4. The normalized spacial score (nSPS) is 11.0. The molecular formula is C34H65N3O10. The molecule has 13 heteroatoms. The highest BCUT2D eigenvalue weighted by molar-refractivity contribution is 5.77. The molecule has 13 nitrogen and oxygen atoms in total. The van der Waals surface area contributed by atoms with E-state index in [2.05, 4.69) is 16.0 Å². The molecule has 276 valence electrons. The largest absolute Gasteiger partial charge is 0.481 e. The van der Waals surface area contributed by atoms with Gasteiger partial charge in [0.1, 0.15) is 13.2 Å². The summed E-state index contributed by atoms with van der Waals surface area (Å²) in [6.07, 6.45) is 17.1. The molecule has 0 aromatic carbocycles. The van der Waals surface area contributed by atoms with Gasteiger partial charge in [-0.1, -0.05) is 77.0 Å². The van der Waals surface area contributed by atoms with E-state index in [4.69, 9.17) is 28.8 Å². The van der Waals surface area contributed by atoms with Crippen LogP contribution in [0.2, 0.25) is 0 Å². The van der Waals surface area contributed by atoms with Gasteiger partial charge in [-0.25, -0.2) is 0 Å². The van der Waals surface area contributed by atoms with Crippen molar-refractivity contribution in [3.8, 4) is 0 Å². The fraction of sp³-hybridized carbons (Fsp3) is 0.882. The average Bonchev–Trinajstić information content (AvgIpc) is 3.05. The van der Waals surface area contributed by atoms with E-state index >= 15 is 0 Å². The van der Waals surface area contributed by atoms with Crippen molar-refractivity contribution in [1.29, 1.82) is 0 Å². The third-order valence-electron chi connectivity index (χ3n) is 7.16. The van der Waals surface area contributed by atoms with E-state index in [9.17, 15) is 19.2 Å². The molecule has 4 N–H and O–H groups in total. The number of unbranched alkanes of at least 4 members (excludes halogenated alkanes) is 13. The number of carbonyl (C=O) groups is 4. The van der Waals surface area contributed by atoms with Crippen molar-refractivity contribution in [3.05, 3.63) is 0 Å². The lowest BCUT2D eigenvalue weighted by atomic mass is 10.0. The predicted octanol–water partition coefficient (Wildman–Crippen LogP) is 3.76. The fourth-order valence-corrected chi connectivity index (χ4v) is 4.58. The highest BCUT2D eigenvalue weighted by atomic mass is 16.5. The first-order valence-corrected chi connectivity index (χ1v) is 17.9. The Labute approximate surface area is 282 Å². The number of nitrogens with one attached hydrogen (secondary N) is 3. The highest BCUT2D eigenvalue weighted by Gasteiger charge is 2.04. The van der Waals surface area contributed by atoms with Gasteiger partial charge in [-0.15, -0.1) is 0 Å². The van der Waals surface area contributed by atoms with E-state index in [0.717, 1.165) is 32.1 Å². The monoisotopic (exact) mass is 675 g/mol. The first-order chi connectivity index (χ1) is 23.0. The van der Waals surface area contributed by atoms with Gasteiger partial charge in [0, 0.05) is 39.1 Å². The lowest BCUT2D eigenvalue weighted by Gasteiger charge is -2.09. The average molecular weight is 676 g/mol. The van der Waals surface area contributed by atoms with E-state index in [1.54, 1.807) is 0 Å². The number of rotatable bonds is 37. The molecule has 0 rings (SSSR count). The number of carbonyl (C=O) groups excluding carboxylic acids is 3. The van der Waals surface area contributed by atoms with Gasteiger partial charge in [0.25, 0.3) is 0 Å². The zero-order valence-corrected chi connectivity index (χ0v) is 29.1. The van der Waals surface area contributed by atoms with E-state index in [1.165, 1.54) is 57.8 Å². The molecule has 0 spiro atoms. The zero-order chi connectivity index (χ0) is 34.5. The number of hydrogen-bond acceptors (Lipinski definition) is 9. The number of amides is 3. The van der Waals surface area contributed by atoms with E-state index in [-0.39, 0.29) is 44.1 Å². The van der Waals surface area contributed by atoms with Crippen molar-refractivity contribution < 1.29 is 48.0 Å². The van der Waals surface area contributed by atoms with Gasteiger partial charge < -0.3 is 44.7 Å². The summed E-state index contributed by atoms with van der Waals surface area (Å²) in [5.74, 6) is -1.08. The Balaban J connectivity index is 3.29. The topological polar surface area (TPSA) is 171 Å². The Hall–Kier alpha value is -2.32. The molecule has 0 aliphatic heterocycles. The molecule has 0 aromatic heterocycles. The van der Waals surface area contributed by atoms with Crippen LogP contribution in [-0.2, 0) is 42.9 Å². The molecule has 0 heterocycles. The molecule has 0 bridgehead atoms. The van der Waals surface area contributed by atoms with Crippen molar-refractivity contribution >= 4 is 23.7 Å². The Morgan fingerprint density at radius 3 is 1.17 bits per heavy atom. The minimum Gasteiger partial charge on any atom is -0.481 e. The second kappa shape index (κ2) is 36.5. The minimum atomic E-state index is -0.690. The van der Waals surface area contributed by atoms with E-state index in [0.29, 0.717) is 72.1 Å². The first-order valence-electron chi connectivity index (χ1n) is 17.9. The molecular weight excluding hydrogens is 610 g/mol. The Morgan fingerprint density at radius 1 is 0.426 bits per heavy atom. The smallest absolute Gasteiger partial charge is 0.303 e. The van der Waals surface area contributed by atoms with Crippen molar-refractivity contribution in [2.24, 2.45) is 0 Å². The van der Waals surface area contributed by atoms with Crippen molar-refractivity contribution in [2.75, 3.05) is 85.7 Å². The quantitative estimate of drug-likeness (QED) is 0.0711. The zero-order valence-electron chi connectivity index (χ0n) is 29.1. The summed E-state index contributed by atoms with van der Waals surface area (Å²) >= 11 is 0. The summed E-state index contributed by atoms with van der Waals surface area (Å²) in [5, 5.41) is 16.9. The fourth-order valence-electron chi connectivity index (χ4n) is 4.58. The van der Waals surface area contributed by atoms with Gasteiger partial charge in [0.05, 0.1) is 46.2 Å². The minimum absolute atomic E-state index is 0.0337. The maximum Gasteiger partial charge on any atom is 0.303 e. The molecule has 0 saturated heterocycles. The third-order valence-corrected chi connectivity index (χ3v) is 7.16. The van der Waals surface area contributed by atoms with Gasteiger partial charge in [0.15, 0.2) is 0 Å². The van der Waals surface area contributed by atoms with Crippen molar-refractivity contribution in [3.63, 3.8) is 0 Å². The van der Waals surface area contributed by atoms with Crippen LogP contribution >= 0.6 is 0 Å². The van der Waals surface area contributed by atoms with Crippen LogP contribution in [0.15, 0.2) is 0 Å². The molecule has 3 amide bonds. The lowest BCUT2D eigenvalue weighted by molar-refractivity contribution is -0.137. The van der Waals surface area contributed by atoms with Crippen LogP contribution in [0.3, 0.4) is 0 Å². The van der Waals surface area contributed by atoms with Gasteiger partial charge in [-0.3, -0.25) is 19.2 Å². The van der Waals surface area contributed by atoms with Crippen molar-refractivity contribution in [2.45, 2.75) is 110 Å². The molecule has 0 aliphatic rings. The first kappa shape index (κ1) is 44.7. The molecule has 0 saturated carbocycles. The summed E-state index contributed by atoms with van der Waals surface area (Å²) in [6, 6.07) is 0. The number of carboxylic acids is 1. The maximum absolute atomic E-state index is 12.0. The summed E-state index contributed by atoms with van der Waals surface area (Å²) in [4.78, 5) is 45.7. The molecule has 0 unspecified atom stereocenters. The molecule has 0 fully saturated rings. The Kier molecular flexibility index (Phi) is 34.7. The molecule has 47 heavy (non-hydrogen) atoms. The van der Waals surface area contributed by atoms with Gasteiger partial charge in [-0.2, -0.15) is 0 Å². The van der Waals surface area contributed by atoms with Crippen molar-refractivity contribution in [1.82, 2.24) is 16.0 Å². The summed E-state index contributed by atoms with van der Waals surface area (Å²) in [5.41, 5.74) is 0. The lowest BCUT2D eigenvalue weighted by Crippen LogP contribution is -2.32. The Morgan fingerprint density at radius 2 is 0.766 bits per heavy atom. The summed E-state index contributed by atoms with van der Waals surface area (Å²) < 4.78 is 26.4. The van der Waals surface area contributed by atoms with Crippen LogP contribution in [0.1, 0.15) is 110 Å². The van der Waals surface area contributed by atoms with Crippen LogP contribution in [0.5, 0.6) is 0 Å². The van der Waals surface area contributed by atoms with Crippen LogP contribution in [0, 0.1) is 0 Å². The number of carboxylic acid groups (broad SMARTS) is 1. The van der Waals surface area contributed by atoms with Gasteiger partial charge in [-0.05, 0) is 19.8 Å². The summed E-state index contributed by atoms with van der Waals surface area (Å²) in [6.45, 7) is 6.09. The molecule has 0 radical (unpaired) electrons. The summed E-state index contributed by atoms with van der Waals surface area (Å²) in [7, 11) is 0. The highest BCUT2D eigenvalue weighted by Crippen LogP contribution is 2.13. The maximum atomic E-state index is 12.0. The van der Waals surface area contributed by atoms with E-state index < -0.39 is 5.97 Å². The van der Waals surface area contributed by atoms with Crippen LogP contribution in [0.25, 0.3) is 0 Å². The molecule has 0 aromatic rings. The third kappa shape index (κ3) is 38.0. The predicted molar refractivity (Wildman–Crippen MR) is 180 cm³/mol. The molecule has 0 aliphatic carbocycles. The SMILES string of the molecule is CCOCCNC(=O)COCCOCCNC(=O)COCCOCCNC(=O)CCCCCCCCCCCCCCCCC(=O)O. The number of ether oxygens (including phenoxy) is 5. The van der Waals surface area contributed by atoms with Crippen LogP contribution < -0.4 is 16.0 Å².